The molecule has 24 heavy (non-hydrogen) atoms. The number of carbonyl (C=O) groups excluding carboxylic acids is 1. The average molecular weight is 346 g/mol. The number of nitrogens with zero attached hydrogens (tertiary/aromatic N) is 1. The number of likely N-dealkylation sites (N-methyl/N-ethyl adjacent to an activating group) is 1. The third-order valence-corrected chi connectivity index (χ3v) is 4.28. The van der Waals surface area contributed by atoms with Gasteiger partial charge in [-0.15, -0.1) is 0 Å². The molecule has 0 aliphatic carbocycles. The molecule has 1 amide bonds. The summed E-state index contributed by atoms with van der Waals surface area (Å²) in [5.74, 6) is -1.000. The minimum absolute atomic E-state index is 0.0351. The van der Waals surface area contributed by atoms with Crippen LogP contribution in [0.2, 0.25) is 5.02 Å². The maximum Gasteiger partial charge on any atom is 0.335 e. The zero-order chi connectivity index (χ0) is 17.9. The highest BCUT2D eigenvalue weighted by Gasteiger charge is 2.32. The minimum atomic E-state index is -0.965. The Morgan fingerprint density at radius 3 is 2.29 bits per heavy atom. The Kier molecular flexibility index (Phi) is 5.30. The summed E-state index contributed by atoms with van der Waals surface area (Å²) in [6, 6.07) is 13.8. The molecule has 0 saturated heterocycles. The van der Waals surface area contributed by atoms with E-state index in [9.17, 15) is 9.59 Å². The number of benzene rings is 2. The maximum atomic E-state index is 12.8. The predicted molar refractivity (Wildman–Crippen MR) is 94.4 cm³/mol. The number of hydrogen-bond donors (Lipinski definition) is 1. The van der Waals surface area contributed by atoms with Crippen molar-refractivity contribution in [2.45, 2.75) is 25.8 Å². The first-order valence-corrected chi connectivity index (χ1v) is 7.93. The van der Waals surface area contributed by atoms with E-state index in [0.717, 1.165) is 11.1 Å². The molecule has 5 heteroatoms. The number of aromatic carboxylic acids is 1. The van der Waals surface area contributed by atoms with Crippen LogP contribution in [0.1, 0.15) is 35.3 Å². The fraction of sp³-hybridized carbons (Fsp3) is 0.263. The van der Waals surface area contributed by atoms with Crippen LogP contribution in [0.5, 0.6) is 0 Å². The van der Waals surface area contributed by atoms with Gasteiger partial charge in [0.2, 0.25) is 5.91 Å². The molecular formula is C19H20ClNO3. The second-order valence-electron chi connectivity index (χ2n) is 6.30. The van der Waals surface area contributed by atoms with Gasteiger partial charge in [-0.1, -0.05) is 35.9 Å². The van der Waals surface area contributed by atoms with Gasteiger partial charge in [0.1, 0.15) is 0 Å². The van der Waals surface area contributed by atoms with Gasteiger partial charge in [-0.3, -0.25) is 4.79 Å². The third-order valence-electron chi connectivity index (χ3n) is 4.05. The standard InChI is InChI=1S/C19H20ClNO3/c1-19(2,15-5-4-6-16(20)11-15)18(24)21(3)12-13-7-9-14(10-8-13)17(22)23/h4-11H,12H2,1-3H3,(H,22,23). The summed E-state index contributed by atoms with van der Waals surface area (Å²) in [6.07, 6.45) is 0. The van der Waals surface area contributed by atoms with Gasteiger partial charge < -0.3 is 10.0 Å². The molecule has 0 fully saturated rings. The Morgan fingerprint density at radius 1 is 1.12 bits per heavy atom. The van der Waals surface area contributed by atoms with Crippen molar-refractivity contribution in [2.75, 3.05) is 7.05 Å². The first kappa shape index (κ1) is 18.0. The minimum Gasteiger partial charge on any atom is -0.478 e. The number of rotatable bonds is 5. The molecule has 0 saturated carbocycles. The predicted octanol–water partition coefficient (Wildman–Crippen LogP) is 3.97. The lowest BCUT2D eigenvalue weighted by Gasteiger charge is -2.30. The summed E-state index contributed by atoms with van der Waals surface area (Å²) in [7, 11) is 1.74. The Morgan fingerprint density at radius 2 is 1.75 bits per heavy atom. The number of carboxylic acid groups (broad SMARTS) is 1. The van der Waals surface area contributed by atoms with Crippen LogP contribution in [0.25, 0.3) is 0 Å². The average Bonchev–Trinajstić information content (AvgIpc) is 2.54. The van der Waals surface area contributed by atoms with Gasteiger partial charge in [0.25, 0.3) is 0 Å². The van der Waals surface area contributed by atoms with E-state index in [-0.39, 0.29) is 11.5 Å². The summed E-state index contributed by atoms with van der Waals surface area (Å²) < 4.78 is 0. The Labute approximate surface area is 146 Å². The largest absolute Gasteiger partial charge is 0.478 e. The van der Waals surface area contributed by atoms with E-state index in [2.05, 4.69) is 0 Å². The summed E-state index contributed by atoms with van der Waals surface area (Å²) in [6.45, 7) is 4.14. The maximum absolute atomic E-state index is 12.8. The molecule has 1 N–H and O–H groups in total. The van der Waals surface area contributed by atoms with Crippen molar-refractivity contribution in [3.05, 3.63) is 70.2 Å². The lowest BCUT2D eigenvalue weighted by Crippen LogP contribution is -2.41. The normalized spacial score (nSPS) is 11.2. The van der Waals surface area contributed by atoms with Crippen molar-refractivity contribution in [3.63, 3.8) is 0 Å². The molecule has 2 rings (SSSR count). The van der Waals surface area contributed by atoms with Crippen LogP contribution in [0.15, 0.2) is 48.5 Å². The van der Waals surface area contributed by atoms with Crippen LogP contribution in [0.4, 0.5) is 0 Å². The number of carbonyl (C=O) groups is 2. The van der Waals surface area contributed by atoms with E-state index < -0.39 is 11.4 Å². The molecule has 126 valence electrons. The zero-order valence-electron chi connectivity index (χ0n) is 13.9. The summed E-state index contributed by atoms with van der Waals surface area (Å²) in [5, 5.41) is 9.52. The van der Waals surface area contributed by atoms with Crippen molar-refractivity contribution in [1.82, 2.24) is 4.90 Å². The van der Waals surface area contributed by atoms with Crippen molar-refractivity contribution >= 4 is 23.5 Å². The van der Waals surface area contributed by atoms with E-state index in [1.165, 1.54) is 12.1 Å². The second-order valence-corrected chi connectivity index (χ2v) is 6.74. The first-order valence-electron chi connectivity index (χ1n) is 7.55. The molecule has 2 aromatic carbocycles. The van der Waals surface area contributed by atoms with Crippen LogP contribution in [0.3, 0.4) is 0 Å². The molecule has 4 nitrogen and oxygen atoms in total. The lowest BCUT2D eigenvalue weighted by atomic mass is 9.83. The van der Waals surface area contributed by atoms with Gasteiger partial charge in [-0.05, 0) is 49.2 Å². The molecular weight excluding hydrogens is 326 g/mol. The number of hydrogen-bond acceptors (Lipinski definition) is 2. The highest BCUT2D eigenvalue weighted by atomic mass is 35.5. The Balaban J connectivity index is 2.14. The molecule has 0 heterocycles. The van der Waals surface area contributed by atoms with Crippen LogP contribution < -0.4 is 0 Å². The molecule has 0 aliphatic rings. The second kappa shape index (κ2) is 7.05. The fourth-order valence-corrected chi connectivity index (χ4v) is 2.77. The molecule has 0 bridgehead atoms. The summed E-state index contributed by atoms with van der Waals surface area (Å²) in [5.41, 5.74) is 1.25. The Hall–Kier alpha value is -2.33. The van der Waals surface area contributed by atoms with Crippen molar-refractivity contribution in [3.8, 4) is 0 Å². The smallest absolute Gasteiger partial charge is 0.335 e. The van der Waals surface area contributed by atoms with E-state index in [0.29, 0.717) is 11.6 Å². The van der Waals surface area contributed by atoms with Crippen LogP contribution >= 0.6 is 11.6 Å². The fourth-order valence-electron chi connectivity index (χ4n) is 2.58. The molecule has 0 unspecified atom stereocenters. The van der Waals surface area contributed by atoms with E-state index >= 15 is 0 Å². The number of halogens is 1. The molecule has 0 spiro atoms. The number of carboxylic acids is 1. The molecule has 0 radical (unpaired) electrons. The molecule has 0 aromatic heterocycles. The van der Waals surface area contributed by atoms with Gasteiger partial charge in [0.15, 0.2) is 0 Å². The highest BCUT2D eigenvalue weighted by molar-refractivity contribution is 6.30. The zero-order valence-corrected chi connectivity index (χ0v) is 14.7. The van der Waals surface area contributed by atoms with E-state index in [4.69, 9.17) is 16.7 Å². The topological polar surface area (TPSA) is 57.6 Å². The van der Waals surface area contributed by atoms with Crippen molar-refractivity contribution in [2.24, 2.45) is 0 Å². The summed E-state index contributed by atoms with van der Waals surface area (Å²) in [4.78, 5) is 25.4. The molecule has 0 aliphatic heterocycles. The van der Waals surface area contributed by atoms with Gasteiger partial charge in [0.05, 0.1) is 11.0 Å². The van der Waals surface area contributed by atoms with Gasteiger partial charge in [0, 0.05) is 18.6 Å². The van der Waals surface area contributed by atoms with Gasteiger partial charge in [-0.25, -0.2) is 4.79 Å². The van der Waals surface area contributed by atoms with Gasteiger partial charge in [-0.2, -0.15) is 0 Å². The van der Waals surface area contributed by atoms with Gasteiger partial charge >= 0.3 is 5.97 Å². The first-order chi connectivity index (χ1) is 11.2. The van der Waals surface area contributed by atoms with Crippen molar-refractivity contribution in [1.29, 1.82) is 0 Å². The Bertz CT molecular complexity index is 753. The quantitative estimate of drug-likeness (QED) is 0.891. The number of amides is 1. The van der Waals surface area contributed by atoms with E-state index in [1.54, 1.807) is 36.2 Å². The van der Waals surface area contributed by atoms with Crippen molar-refractivity contribution < 1.29 is 14.7 Å². The monoisotopic (exact) mass is 345 g/mol. The molecule has 2 aromatic rings. The SMILES string of the molecule is CN(Cc1ccc(C(=O)O)cc1)C(=O)C(C)(C)c1cccc(Cl)c1. The third kappa shape index (κ3) is 3.95. The molecule has 0 atom stereocenters. The summed E-state index contributed by atoms with van der Waals surface area (Å²) >= 11 is 6.03. The lowest BCUT2D eigenvalue weighted by molar-refractivity contribution is -0.135. The highest BCUT2D eigenvalue weighted by Crippen LogP contribution is 2.28. The van der Waals surface area contributed by atoms with E-state index in [1.807, 2.05) is 26.0 Å². The van der Waals surface area contributed by atoms with Crippen LogP contribution in [-0.4, -0.2) is 28.9 Å². The van der Waals surface area contributed by atoms with Crippen LogP contribution in [-0.2, 0) is 16.8 Å². The van der Waals surface area contributed by atoms with Crippen LogP contribution in [0, 0.1) is 0 Å².